The van der Waals surface area contributed by atoms with E-state index in [0.29, 0.717) is 53.0 Å². The second-order valence-corrected chi connectivity index (χ2v) is 14.4. The van der Waals surface area contributed by atoms with Crippen LogP contribution in [0.15, 0.2) is 82.4 Å². The number of hydrogen-bond acceptors (Lipinski definition) is 9. The fraction of sp³-hybridized carbons (Fsp3) is 0.371. The molecule has 3 aromatic carbocycles. The van der Waals surface area contributed by atoms with Crippen LogP contribution in [0.5, 0.6) is 11.5 Å². The van der Waals surface area contributed by atoms with Gasteiger partial charge in [0.15, 0.2) is 5.54 Å². The van der Waals surface area contributed by atoms with Crippen molar-refractivity contribution >= 4 is 33.2 Å². The molecule has 1 unspecified atom stereocenters. The number of likely N-dealkylation sites (tertiary alicyclic amines) is 2. The van der Waals surface area contributed by atoms with Crippen molar-refractivity contribution in [3.05, 3.63) is 101 Å². The first kappa shape index (κ1) is 31.7. The summed E-state index contributed by atoms with van der Waals surface area (Å²) in [6, 6.07) is 16.5. The minimum atomic E-state index is -4.42. The monoisotopic (exact) mass is 676 g/mol. The minimum absolute atomic E-state index is 0.0511. The van der Waals surface area contributed by atoms with E-state index in [0.717, 1.165) is 42.2 Å². The predicted octanol–water partition coefficient (Wildman–Crippen LogP) is 6.15. The van der Waals surface area contributed by atoms with Gasteiger partial charge in [-0.05, 0) is 92.9 Å². The van der Waals surface area contributed by atoms with E-state index < -0.39 is 27.5 Å². The summed E-state index contributed by atoms with van der Waals surface area (Å²) >= 11 is 6.55. The average Bonchev–Trinajstić information content (AvgIpc) is 3.84. The van der Waals surface area contributed by atoms with E-state index in [2.05, 4.69) is 9.88 Å². The summed E-state index contributed by atoms with van der Waals surface area (Å²) in [5, 5.41) is 0.304. The predicted molar refractivity (Wildman–Crippen MR) is 177 cm³/mol. The quantitative estimate of drug-likeness (QED) is 0.207. The van der Waals surface area contributed by atoms with Crippen LogP contribution in [0.3, 0.4) is 0 Å². The topological polar surface area (TPSA) is 105 Å². The largest absolute Gasteiger partial charge is 0.497 e. The highest BCUT2D eigenvalue weighted by molar-refractivity contribution is 7.93. The molecule has 0 N–H and O–H groups in total. The van der Waals surface area contributed by atoms with Crippen molar-refractivity contribution in [2.75, 3.05) is 38.2 Å². The van der Waals surface area contributed by atoms with Crippen LogP contribution >= 0.6 is 11.6 Å². The number of methoxy groups -OCH3 is 2. The van der Waals surface area contributed by atoms with E-state index in [9.17, 15) is 8.42 Å². The van der Waals surface area contributed by atoms with Gasteiger partial charge in [0.1, 0.15) is 17.8 Å². The zero-order valence-corrected chi connectivity index (χ0v) is 28.0. The number of rotatable bonds is 9. The van der Waals surface area contributed by atoms with Crippen molar-refractivity contribution < 1.29 is 27.1 Å². The van der Waals surface area contributed by atoms with Crippen molar-refractivity contribution in [1.29, 1.82) is 0 Å². The fourth-order valence-electron chi connectivity index (χ4n) is 7.47. The van der Waals surface area contributed by atoms with Gasteiger partial charge >= 0.3 is 0 Å². The van der Waals surface area contributed by atoms with Gasteiger partial charge < -0.3 is 13.9 Å². The standard InChI is InChI=1S/C35H37ClN4O6S/c1-44-26-10-12-27(13-11-26)47(42,43)40-31-22-25(36)9-14-28(31)35(34(40)41,39-19-6-7-30(39)33-37-16-20-46-33)29-21-24(8-15-32(29)45-2)23-38-17-4-3-5-18-38/h8-16,20-22,30H,3-7,17-19,23H2,1-2H3/t30-,35?/m0/s1. The van der Waals surface area contributed by atoms with Crippen LogP contribution in [0.25, 0.3) is 0 Å². The maximum atomic E-state index is 15.5. The lowest BCUT2D eigenvalue weighted by Crippen LogP contribution is -2.54. The van der Waals surface area contributed by atoms with Gasteiger partial charge in [0, 0.05) is 29.2 Å². The Hall–Kier alpha value is -3.90. The highest BCUT2D eigenvalue weighted by Crippen LogP contribution is 2.56. The third-order valence-corrected chi connectivity index (χ3v) is 11.5. The number of piperidine rings is 1. The lowest BCUT2D eigenvalue weighted by Gasteiger charge is -2.41. The summed E-state index contributed by atoms with van der Waals surface area (Å²) in [7, 11) is -1.34. The van der Waals surface area contributed by atoms with Crippen LogP contribution in [-0.2, 0) is 26.9 Å². The molecule has 3 aliphatic heterocycles. The molecule has 1 amide bonds. The van der Waals surface area contributed by atoms with E-state index in [1.807, 2.05) is 23.1 Å². The molecule has 3 aliphatic rings. The molecule has 0 radical (unpaired) electrons. The van der Waals surface area contributed by atoms with E-state index >= 15 is 4.79 Å². The third kappa shape index (κ3) is 5.29. The fourth-order valence-corrected chi connectivity index (χ4v) is 9.09. The van der Waals surface area contributed by atoms with Gasteiger partial charge in [-0.1, -0.05) is 30.2 Å². The van der Waals surface area contributed by atoms with Crippen molar-refractivity contribution in [2.45, 2.75) is 55.1 Å². The van der Waals surface area contributed by atoms with Crippen LogP contribution < -0.4 is 13.8 Å². The van der Waals surface area contributed by atoms with Gasteiger partial charge in [-0.3, -0.25) is 14.6 Å². The Labute approximate surface area is 279 Å². The number of sulfonamides is 1. The van der Waals surface area contributed by atoms with Gasteiger partial charge in [0.25, 0.3) is 15.9 Å². The number of anilines is 1. The Morgan fingerprint density at radius 3 is 2.43 bits per heavy atom. The Morgan fingerprint density at radius 2 is 1.72 bits per heavy atom. The number of benzene rings is 3. The number of ether oxygens (including phenoxy) is 2. The summed E-state index contributed by atoms with van der Waals surface area (Å²) in [5.74, 6) is 0.793. The molecule has 2 atom stereocenters. The Kier molecular flexibility index (Phi) is 8.50. The molecule has 0 bridgehead atoms. The second kappa shape index (κ2) is 12.6. The summed E-state index contributed by atoms with van der Waals surface area (Å²) in [6.07, 6.45) is 8.01. The first-order valence-corrected chi connectivity index (χ1v) is 17.7. The first-order valence-electron chi connectivity index (χ1n) is 15.9. The van der Waals surface area contributed by atoms with E-state index in [1.165, 1.54) is 31.9 Å². The minimum Gasteiger partial charge on any atom is -0.497 e. The summed E-state index contributed by atoms with van der Waals surface area (Å²) in [5.41, 5.74) is 0.650. The van der Waals surface area contributed by atoms with Crippen LogP contribution in [0.1, 0.15) is 60.7 Å². The summed E-state index contributed by atoms with van der Waals surface area (Å²) in [6.45, 7) is 3.18. The molecule has 7 rings (SSSR count). The molecule has 12 heteroatoms. The van der Waals surface area contributed by atoms with Crippen molar-refractivity contribution in [2.24, 2.45) is 0 Å². The first-order chi connectivity index (χ1) is 22.8. The Morgan fingerprint density at radius 1 is 0.936 bits per heavy atom. The zero-order chi connectivity index (χ0) is 32.8. The normalized spacial score (nSPS) is 22.1. The SMILES string of the molecule is COc1ccc(S(=O)(=O)N2C(=O)C(c3cc(CN4CCCCC4)ccc3OC)(N3CCC[C@H]3c3ncco3)c3ccc(Cl)cc32)cc1. The molecule has 47 heavy (non-hydrogen) atoms. The molecule has 4 heterocycles. The number of aromatic nitrogens is 1. The lowest BCUT2D eigenvalue weighted by molar-refractivity contribution is -0.127. The molecular formula is C35H37ClN4O6S. The van der Waals surface area contributed by atoms with Crippen molar-refractivity contribution in [1.82, 2.24) is 14.8 Å². The zero-order valence-electron chi connectivity index (χ0n) is 26.4. The van der Waals surface area contributed by atoms with Crippen LogP contribution in [0.4, 0.5) is 5.69 Å². The van der Waals surface area contributed by atoms with Crippen molar-refractivity contribution in [3.8, 4) is 11.5 Å². The van der Waals surface area contributed by atoms with Gasteiger partial charge in [-0.2, -0.15) is 0 Å². The molecule has 246 valence electrons. The van der Waals surface area contributed by atoms with Gasteiger partial charge in [0.05, 0.1) is 37.0 Å². The van der Waals surface area contributed by atoms with Crippen LogP contribution in [0, 0.1) is 0 Å². The number of carbonyl (C=O) groups is 1. The number of nitrogens with zero attached hydrogens (tertiary/aromatic N) is 4. The highest BCUT2D eigenvalue weighted by atomic mass is 35.5. The van der Waals surface area contributed by atoms with Crippen LogP contribution in [-0.4, -0.2) is 63.0 Å². The number of halogens is 1. The summed E-state index contributed by atoms with van der Waals surface area (Å²) in [4.78, 5) is 24.4. The molecular weight excluding hydrogens is 640 g/mol. The van der Waals surface area contributed by atoms with Gasteiger partial charge in [-0.25, -0.2) is 17.7 Å². The maximum absolute atomic E-state index is 15.5. The molecule has 0 saturated carbocycles. The van der Waals surface area contributed by atoms with Crippen molar-refractivity contribution in [3.63, 3.8) is 0 Å². The van der Waals surface area contributed by atoms with E-state index in [-0.39, 0.29) is 10.6 Å². The molecule has 10 nitrogen and oxygen atoms in total. The molecule has 2 saturated heterocycles. The van der Waals surface area contributed by atoms with E-state index in [4.69, 9.17) is 25.5 Å². The number of hydrogen-bond donors (Lipinski definition) is 0. The van der Waals surface area contributed by atoms with Crippen LogP contribution in [0.2, 0.25) is 5.02 Å². The number of amides is 1. The molecule has 0 aliphatic carbocycles. The Balaban J connectivity index is 1.48. The average molecular weight is 677 g/mol. The maximum Gasteiger partial charge on any atom is 0.271 e. The Bertz CT molecular complexity index is 1880. The molecule has 2 fully saturated rings. The number of oxazole rings is 1. The highest BCUT2D eigenvalue weighted by Gasteiger charge is 2.62. The van der Waals surface area contributed by atoms with Gasteiger partial charge in [0.2, 0.25) is 5.89 Å². The number of fused-ring (bicyclic) bond motifs is 1. The lowest BCUT2D eigenvalue weighted by atomic mass is 9.80. The summed E-state index contributed by atoms with van der Waals surface area (Å²) < 4.78 is 47.2. The molecule has 1 aromatic heterocycles. The molecule has 4 aromatic rings. The third-order valence-electron chi connectivity index (χ3n) is 9.59. The van der Waals surface area contributed by atoms with Gasteiger partial charge in [-0.15, -0.1) is 0 Å². The molecule has 0 spiro atoms. The smallest absolute Gasteiger partial charge is 0.271 e. The second-order valence-electron chi connectivity index (χ2n) is 12.2. The van der Waals surface area contributed by atoms with E-state index in [1.54, 1.807) is 43.6 Å². The number of carbonyl (C=O) groups excluding carboxylic acids is 1.